The average Bonchev–Trinajstić information content (AvgIpc) is 2.76. The van der Waals surface area contributed by atoms with Gasteiger partial charge in [-0.25, -0.2) is 0 Å². The van der Waals surface area contributed by atoms with Gasteiger partial charge in [0, 0.05) is 46.4 Å². The van der Waals surface area contributed by atoms with Crippen LogP contribution >= 0.6 is 24.0 Å². The molecule has 1 aromatic rings. The van der Waals surface area contributed by atoms with Crippen molar-refractivity contribution in [3.8, 4) is 5.75 Å². The highest BCUT2D eigenvalue weighted by atomic mass is 127. The molecular formula is C23H41IN4O3. The number of hydrogen-bond donors (Lipinski definition) is 2. The molecule has 1 aliphatic heterocycles. The summed E-state index contributed by atoms with van der Waals surface area (Å²) >= 11 is 0. The molecule has 2 rings (SSSR count). The second-order valence-electron chi connectivity index (χ2n) is 7.83. The number of benzene rings is 1. The van der Waals surface area contributed by atoms with E-state index >= 15 is 0 Å². The summed E-state index contributed by atoms with van der Waals surface area (Å²) in [5, 5.41) is 6.76. The zero-order chi connectivity index (χ0) is 21.6. The van der Waals surface area contributed by atoms with Gasteiger partial charge in [0.05, 0.1) is 19.3 Å². The number of halogens is 1. The summed E-state index contributed by atoms with van der Waals surface area (Å²) in [5.74, 6) is 2.21. The maximum atomic E-state index is 5.95. The Bertz CT molecular complexity index is 625. The van der Waals surface area contributed by atoms with Crippen LogP contribution in [0.5, 0.6) is 5.75 Å². The number of hydrogen-bond acceptors (Lipinski definition) is 5. The number of ether oxygens (including phenoxy) is 3. The van der Waals surface area contributed by atoms with E-state index in [1.54, 1.807) is 7.05 Å². The standard InChI is InChI=1S/C23H40N4O3.HI/c1-5-29-22(19(2)3)9-10-25-23(24-4)26-18-20-7-6-8-21(17-20)30-16-13-27-11-14-28-15-12-27;/h6-8,17,19,22H,5,9-16,18H2,1-4H3,(H2,24,25,26);1H. The highest BCUT2D eigenvalue weighted by molar-refractivity contribution is 14.0. The first-order valence-corrected chi connectivity index (χ1v) is 11.2. The Morgan fingerprint density at radius 1 is 1.23 bits per heavy atom. The second-order valence-corrected chi connectivity index (χ2v) is 7.83. The van der Waals surface area contributed by atoms with Crippen molar-refractivity contribution in [3.05, 3.63) is 29.8 Å². The Morgan fingerprint density at radius 2 is 2.00 bits per heavy atom. The van der Waals surface area contributed by atoms with Crippen LogP contribution in [0, 0.1) is 5.92 Å². The van der Waals surface area contributed by atoms with Gasteiger partial charge in [-0.05, 0) is 37.0 Å². The molecule has 8 heteroatoms. The Morgan fingerprint density at radius 3 is 2.68 bits per heavy atom. The van der Waals surface area contributed by atoms with E-state index in [0.29, 0.717) is 19.1 Å². The van der Waals surface area contributed by atoms with Gasteiger partial charge in [-0.1, -0.05) is 26.0 Å². The van der Waals surface area contributed by atoms with Gasteiger partial charge in [0.1, 0.15) is 12.4 Å². The third-order valence-corrected chi connectivity index (χ3v) is 5.21. The van der Waals surface area contributed by atoms with Crippen molar-refractivity contribution in [2.45, 2.75) is 39.8 Å². The largest absolute Gasteiger partial charge is 0.492 e. The van der Waals surface area contributed by atoms with E-state index in [1.165, 1.54) is 0 Å². The normalized spacial score (nSPS) is 16.0. The van der Waals surface area contributed by atoms with Crippen LogP contribution < -0.4 is 15.4 Å². The Labute approximate surface area is 205 Å². The molecule has 7 nitrogen and oxygen atoms in total. The van der Waals surface area contributed by atoms with Crippen molar-refractivity contribution >= 4 is 29.9 Å². The monoisotopic (exact) mass is 548 g/mol. The van der Waals surface area contributed by atoms with Gasteiger partial charge in [-0.15, -0.1) is 24.0 Å². The van der Waals surface area contributed by atoms with E-state index in [2.05, 4.69) is 46.5 Å². The predicted octanol–water partition coefficient (Wildman–Crippen LogP) is 3.13. The molecule has 1 aliphatic rings. The summed E-state index contributed by atoms with van der Waals surface area (Å²) in [5.41, 5.74) is 1.16. The van der Waals surface area contributed by atoms with Crippen LogP contribution in [0.3, 0.4) is 0 Å². The van der Waals surface area contributed by atoms with Gasteiger partial charge in [0.25, 0.3) is 0 Å². The van der Waals surface area contributed by atoms with E-state index < -0.39 is 0 Å². The molecule has 2 N–H and O–H groups in total. The molecular weight excluding hydrogens is 507 g/mol. The van der Waals surface area contributed by atoms with Crippen molar-refractivity contribution in [2.24, 2.45) is 10.9 Å². The highest BCUT2D eigenvalue weighted by Gasteiger charge is 2.13. The minimum absolute atomic E-state index is 0. The van der Waals surface area contributed by atoms with Crippen molar-refractivity contribution in [2.75, 3.05) is 59.7 Å². The summed E-state index contributed by atoms with van der Waals surface area (Å²) in [6.07, 6.45) is 1.23. The number of nitrogens with zero attached hydrogens (tertiary/aromatic N) is 2. The number of guanidine groups is 1. The molecule has 0 bridgehead atoms. The molecule has 1 atom stereocenters. The molecule has 0 spiro atoms. The van der Waals surface area contributed by atoms with Crippen LogP contribution in [0.15, 0.2) is 29.3 Å². The number of rotatable bonds is 12. The number of morpholine rings is 1. The van der Waals surface area contributed by atoms with Crippen molar-refractivity contribution < 1.29 is 14.2 Å². The van der Waals surface area contributed by atoms with Crippen LogP contribution in [0.2, 0.25) is 0 Å². The summed E-state index contributed by atoms with van der Waals surface area (Å²) in [4.78, 5) is 6.70. The summed E-state index contributed by atoms with van der Waals surface area (Å²) in [6.45, 7) is 14.0. The van der Waals surface area contributed by atoms with E-state index in [-0.39, 0.29) is 30.1 Å². The lowest BCUT2D eigenvalue weighted by atomic mass is 10.0. The third kappa shape index (κ3) is 11.4. The fourth-order valence-corrected chi connectivity index (χ4v) is 3.43. The van der Waals surface area contributed by atoms with E-state index in [4.69, 9.17) is 14.2 Å². The summed E-state index contributed by atoms with van der Waals surface area (Å²) in [7, 11) is 1.79. The van der Waals surface area contributed by atoms with Crippen LogP contribution in [-0.2, 0) is 16.0 Å². The average molecular weight is 549 g/mol. The minimum atomic E-state index is 0. The van der Waals surface area contributed by atoms with E-state index in [9.17, 15) is 0 Å². The topological polar surface area (TPSA) is 67.3 Å². The van der Waals surface area contributed by atoms with Crippen LogP contribution in [0.25, 0.3) is 0 Å². The Balaban J connectivity index is 0.00000480. The van der Waals surface area contributed by atoms with E-state index in [0.717, 1.165) is 69.7 Å². The molecule has 0 saturated carbocycles. The molecule has 1 heterocycles. The first kappa shape index (κ1) is 27.9. The molecule has 0 amide bonds. The van der Waals surface area contributed by atoms with Crippen LogP contribution in [0.1, 0.15) is 32.8 Å². The second kappa shape index (κ2) is 16.5. The minimum Gasteiger partial charge on any atom is -0.492 e. The summed E-state index contributed by atoms with van der Waals surface area (Å²) < 4.78 is 17.1. The maximum Gasteiger partial charge on any atom is 0.191 e. The van der Waals surface area contributed by atoms with Crippen molar-refractivity contribution in [1.29, 1.82) is 0 Å². The molecule has 1 aromatic carbocycles. The predicted molar refractivity (Wildman–Crippen MR) is 138 cm³/mol. The van der Waals surface area contributed by atoms with Gasteiger partial charge in [-0.3, -0.25) is 9.89 Å². The summed E-state index contributed by atoms with van der Waals surface area (Å²) in [6, 6.07) is 8.23. The molecule has 0 radical (unpaired) electrons. The molecule has 1 saturated heterocycles. The molecule has 0 aromatic heterocycles. The Hall–Kier alpha value is -1.10. The molecule has 0 aliphatic carbocycles. The molecule has 178 valence electrons. The quantitative estimate of drug-likeness (QED) is 0.238. The lowest BCUT2D eigenvalue weighted by molar-refractivity contribution is 0.0258. The van der Waals surface area contributed by atoms with Gasteiger partial charge in [0.15, 0.2) is 5.96 Å². The number of nitrogens with one attached hydrogen (secondary N) is 2. The zero-order valence-corrected chi connectivity index (χ0v) is 21.9. The van der Waals surface area contributed by atoms with Gasteiger partial charge >= 0.3 is 0 Å². The lowest BCUT2D eigenvalue weighted by Gasteiger charge is -2.26. The van der Waals surface area contributed by atoms with Crippen LogP contribution in [0.4, 0.5) is 0 Å². The first-order valence-electron chi connectivity index (χ1n) is 11.2. The fraction of sp³-hybridized carbons (Fsp3) is 0.696. The molecule has 1 unspecified atom stereocenters. The smallest absolute Gasteiger partial charge is 0.191 e. The van der Waals surface area contributed by atoms with Crippen molar-refractivity contribution in [1.82, 2.24) is 15.5 Å². The Kier molecular flexibility index (Phi) is 14.9. The lowest BCUT2D eigenvalue weighted by Crippen LogP contribution is -2.39. The first-order chi connectivity index (χ1) is 14.6. The molecule has 1 fully saturated rings. The molecule has 31 heavy (non-hydrogen) atoms. The maximum absolute atomic E-state index is 5.95. The van der Waals surface area contributed by atoms with Crippen LogP contribution in [-0.4, -0.2) is 76.6 Å². The van der Waals surface area contributed by atoms with Gasteiger partial charge in [0.2, 0.25) is 0 Å². The fourth-order valence-electron chi connectivity index (χ4n) is 3.43. The van der Waals surface area contributed by atoms with Gasteiger partial charge < -0.3 is 24.8 Å². The number of aliphatic imine (C=N–C) groups is 1. The SMILES string of the molecule is CCOC(CCNC(=NC)NCc1cccc(OCCN2CCOCC2)c1)C(C)C.I. The van der Waals surface area contributed by atoms with E-state index in [1.807, 2.05) is 19.1 Å². The zero-order valence-electron chi connectivity index (χ0n) is 19.6. The highest BCUT2D eigenvalue weighted by Crippen LogP contribution is 2.13. The third-order valence-electron chi connectivity index (χ3n) is 5.21. The van der Waals surface area contributed by atoms with Crippen molar-refractivity contribution in [3.63, 3.8) is 0 Å². The van der Waals surface area contributed by atoms with Gasteiger partial charge in [-0.2, -0.15) is 0 Å².